The van der Waals surface area contributed by atoms with E-state index in [-0.39, 0.29) is 5.56 Å². The summed E-state index contributed by atoms with van der Waals surface area (Å²) in [6, 6.07) is 5.98. The van der Waals surface area contributed by atoms with Crippen LogP contribution < -0.4 is 19.6 Å². The molecule has 1 aromatic carbocycles. The van der Waals surface area contributed by atoms with Gasteiger partial charge in [0.1, 0.15) is 5.75 Å². The number of thiazole rings is 1. The van der Waals surface area contributed by atoms with Crippen LogP contribution in [-0.4, -0.2) is 22.8 Å². The third kappa shape index (κ3) is 1.91. The number of aromatic nitrogens is 2. The second-order valence-corrected chi connectivity index (χ2v) is 6.32. The van der Waals surface area contributed by atoms with Crippen molar-refractivity contribution in [2.24, 2.45) is 12.0 Å². The van der Waals surface area contributed by atoms with Gasteiger partial charge in [-0.25, -0.2) is 0 Å². The Morgan fingerprint density at radius 3 is 3.05 bits per heavy atom. The highest BCUT2D eigenvalue weighted by atomic mass is 32.1. The van der Waals surface area contributed by atoms with Crippen LogP contribution in [0.3, 0.4) is 0 Å². The van der Waals surface area contributed by atoms with Crippen LogP contribution in [0.4, 0.5) is 0 Å². The van der Waals surface area contributed by atoms with Crippen LogP contribution in [-0.2, 0) is 13.6 Å². The van der Waals surface area contributed by atoms with Crippen LogP contribution >= 0.6 is 11.3 Å². The standard InChI is InChI=1S/C16H15N3O2S/c1-18-9-10(12-8-11(21-2)3-4-13(12)18)7-14-15(20)19-6-5-17-16(19)22-14/h3-4,7-9H,5-6H2,1-2H3/b14-7+. The maximum atomic E-state index is 12.4. The van der Waals surface area contributed by atoms with Crippen molar-refractivity contribution in [1.82, 2.24) is 9.13 Å². The first kappa shape index (κ1) is 13.3. The Morgan fingerprint density at radius 2 is 2.27 bits per heavy atom. The first-order valence-electron chi connectivity index (χ1n) is 7.06. The minimum absolute atomic E-state index is 0.0566. The van der Waals surface area contributed by atoms with E-state index in [4.69, 9.17) is 4.74 Å². The molecule has 0 amide bonds. The maximum absolute atomic E-state index is 12.4. The molecule has 5 nitrogen and oxygen atoms in total. The van der Waals surface area contributed by atoms with Gasteiger partial charge in [-0.2, -0.15) is 0 Å². The number of rotatable bonds is 2. The van der Waals surface area contributed by atoms with Crippen molar-refractivity contribution in [2.75, 3.05) is 13.7 Å². The summed E-state index contributed by atoms with van der Waals surface area (Å²) < 4.78 is 9.85. The highest BCUT2D eigenvalue weighted by molar-refractivity contribution is 7.07. The Labute approximate surface area is 130 Å². The molecule has 1 aliphatic rings. The molecule has 0 saturated heterocycles. The molecule has 0 spiro atoms. The molecule has 0 atom stereocenters. The van der Waals surface area contributed by atoms with E-state index in [0.29, 0.717) is 13.1 Å². The summed E-state index contributed by atoms with van der Waals surface area (Å²) in [6.07, 6.45) is 3.99. The lowest BCUT2D eigenvalue weighted by molar-refractivity contribution is 0.415. The van der Waals surface area contributed by atoms with Gasteiger partial charge in [-0.3, -0.25) is 14.4 Å². The molecule has 2 aromatic heterocycles. The fourth-order valence-electron chi connectivity index (χ4n) is 2.85. The van der Waals surface area contributed by atoms with Crippen molar-refractivity contribution in [3.63, 3.8) is 0 Å². The molecule has 0 N–H and O–H groups in total. The normalized spacial score (nSPS) is 14.4. The van der Waals surface area contributed by atoms with Gasteiger partial charge in [0.2, 0.25) is 0 Å². The molecular formula is C16H15N3O2S. The van der Waals surface area contributed by atoms with Gasteiger partial charge in [0.25, 0.3) is 5.56 Å². The van der Waals surface area contributed by atoms with Crippen molar-refractivity contribution >= 4 is 28.3 Å². The zero-order chi connectivity index (χ0) is 15.3. The van der Waals surface area contributed by atoms with E-state index < -0.39 is 0 Å². The summed E-state index contributed by atoms with van der Waals surface area (Å²) in [5.74, 6) is 0.814. The minimum atomic E-state index is 0.0566. The summed E-state index contributed by atoms with van der Waals surface area (Å²) in [4.78, 5) is 17.6. The molecule has 112 valence electrons. The quantitative estimate of drug-likeness (QED) is 0.705. The molecule has 0 aliphatic carbocycles. The van der Waals surface area contributed by atoms with E-state index in [2.05, 4.69) is 9.56 Å². The van der Waals surface area contributed by atoms with E-state index in [1.54, 1.807) is 11.7 Å². The second kappa shape index (κ2) is 4.84. The monoisotopic (exact) mass is 313 g/mol. The van der Waals surface area contributed by atoms with E-state index in [1.807, 2.05) is 37.5 Å². The summed E-state index contributed by atoms with van der Waals surface area (Å²) in [5.41, 5.74) is 2.19. The molecule has 22 heavy (non-hydrogen) atoms. The van der Waals surface area contributed by atoms with Gasteiger partial charge in [0, 0.05) is 36.3 Å². The number of nitrogens with zero attached hydrogens (tertiary/aromatic N) is 3. The van der Waals surface area contributed by atoms with Crippen molar-refractivity contribution < 1.29 is 4.74 Å². The van der Waals surface area contributed by atoms with Gasteiger partial charge in [-0.05, 0) is 24.3 Å². The highest BCUT2D eigenvalue weighted by Crippen LogP contribution is 2.25. The zero-order valence-corrected chi connectivity index (χ0v) is 13.2. The van der Waals surface area contributed by atoms with Gasteiger partial charge >= 0.3 is 0 Å². The molecule has 0 unspecified atom stereocenters. The molecule has 0 bridgehead atoms. The Kier molecular flexibility index (Phi) is 2.94. The predicted octanol–water partition coefficient (Wildman–Crippen LogP) is 0.872. The Bertz CT molecular complexity index is 1060. The SMILES string of the molecule is COc1ccc2c(c1)c(/C=c1/sc3n(c1=O)CCN=3)cn2C. The smallest absolute Gasteiger partial charge is 0.270 e. The molecule has 0 radical (unpaired) electrons. The van der Waals surface area contributed by atoms with Crippen LogP contribution in [0.2, 0.25) is 0 Å². The molecule has 0 saturated carbocycles. The summed E-state index contributed by atoms with van der Waals surface area (Å²) in [7, 11) is 3.66. The molecule has 1 aliphatic heterocycles. The first-order valence-corrected chi connectivity index (χ1v) is 7.88. The predicted molar refractivity (Wildman–Crippen MR) is 87.3 cm³/mol. The highest BCUT2D eigenvalue weighted by Gasteiger charge is 2.11. The van der Waals surface area contributed by atoms with Crippen molar-refractivity contribution in [1.29, 1.82) is 0 Å². The second-order valence-electron chi connectivity index (χ2n) is 5.31. The van der Waals surface area contributed by atoms with Crippen molar-refractivity contribution in [2.45, 2.75) is 6.54 Å². The van der Waals surface area contributed by atoms with Gasteiger partial charge in [0.05, 0.1) is 18.2 Å². The zero-order valence-electron chi connectivity index (χ0n) is 12.4. The lowest BCUT2D eigenvalue weighted by Crippen LogP contribution is -2.29. The maximum Gasteiger partial charge on any atom is 0.270 e. The van der Waals surface area contributed by atoms with E-state index >= 15 is 0 Å². The van der Waals surface area contributed by atoms with Gasteiger partial charge < -0.3 is 9.30 Å². The van der Waals surface area contributed by atoms with Crippen molar-refractivity contribution in [3.05, 3.63) is 49.6 Å². The lowest BCUT2D eigenvalue weighted by atomic mass is 10.1. The number of methoxy groups -OCH3 is 1. The number of hydrogen-bond acceptors (Lipinski definition) is 4. The third-order valence-electron chi connectivity index (χ3n) is 3.97. The first-order chi connectivity index (χ1) is 10.7. The average molecular weight is 313 g/mol. The van der Waals surface area contributed by atoms with Crippen molar-refractivity contribution in [3.8, 4) is 5.75 Å². The molecule has 0 fully saturated rings. The van der Waals surface area contributed by atoms with Crippen LogP contribution in [0.25, 0.3) is 17.0 Å². The van der Waals surface area contributed by atoms with Gasteiger partial charge in [-0.15, -0.1) is 0 Å². The molecule has 4 rings (SSSR count). The van der Waals surface area contributed by atoms with Crippen LogP contribution in [0.15, 0.2) is 34.2 Å². The summed E-state index contributed by atoms with van der Waals surface area (Å²) >= 11 is 1.46. The third-order valence-corrected chi connectivity index (χ3v) is 5.02. The summed E-state index contributed by atoms with van der Waals surface area (Å²) in [6.45, 7) is 1.41. The van der Waals surface area contributed by atoms with E-state index in [9.17, 15) is 4.79 Å². The number of hydrogen-bond donors (Lipinski definition) is 0. The number of benzene rings is 1. The van der Waals surface area contributed by atoms with Gasteiger partial charge in [0.15, 0.2) is 4.80 Å². The van der Waals surface area contributed by atoms with Gasteiger partial charge in [-0.1, -0.05) is 11.3 Å². The Balaban J connectivity index is 1.99. The van der Waals surface area contributed by atoms with Crippen LogP contribution in [0.1, 0.15) is 5.56 Å². The topological polar surface area (TPSA) is 48.5 Å². The Morgan fingerprint density at radius 1 is 1.41 bits per heavy atom. The lowest BCUT2D eigenvalue weighted by Gasteiger charge is -2.00. The van der Waals surface area contributed by atoms with Crippen LogP contribution in [0, 0.1) is 0 Å². The minimum Gasteiger partial charge on any atom is -0.497 e. The average Bonchev–Trinajstić information content (AvgIpc) is 3.18. The van der Waals surface area contributed by atoms with E-state index in [0.717, 1.165) is 31.5 Å². The fourth-order valence-corrected chi connectivity index (χ4v) is 3.87. The molecule has 6 heteroatoms. The Hall–Kier alpha value is -2.34. The molecule has 3 aromatic rings. The van der Waals surface area contributed by atoms with Crippen LogP contribution in [0.5, 0.6) is 5.75 Å². The number of aryl methyl sites for hydroxylation is 1. The van der Waals surface area contributed by atoms with E-state index in [1.165, 1.54) is 11.3 Å². The molecule has 3 heterocycles. The number of fused-ring (bicyclic) bond motifs is 2. The largest absolute Gasteiger partial charge is 0.497 e. The molecular weight excluding hydrogens is 298 g/mol. The summed E-state index contributed by atoms with van der Waals surface area (Å²) in [5, 5.41) is 1.08. The fraction of sp³-hybridized carbons (Fsp3) is 0.250. The number of ether oxygens (including phenoxy) is 1.